The van der Waals surface area contributed by atoms with E-state index in [1.807, 2.05) is 0 Å². The molecule has 2 aliphatic rings. The van der Waals surface area contributed by atoms with Crippen LogP contribution in [0.1, 0.15) is 12.6 Å². The number of nitrogens with zero attached hydrogens (tertiary/aromatic N) is 3. The van der Waals surface area contributed by atoms with Crippen molar-refractivity contribution < 1.29 is 28.6 Å². The topological polar surface area (TPSA) is 122 Å². The van der Waals surface area contributed by atoms with Crippen molar-refractivity contribution in [3.63, 3.8) is 0 Å². The van der Waals surface area contributed by atoms with Gasteiger partial charge in [-0.1, -0.05) is 0 Å². The molecule has 2 aromatic rings. The molecule has 2 N–H and O–H groups in total. The van der Waals surface area contributed by atoms with Crippen molar-refractivity contribution in [3.8, 4) is 11.5 Å². The van der Waals surface area contributed by atoms with Gasteiger partial charge in [0, 0.05) is 43.3 Å². The number of anilines is 2. The van der Waals surface area contributed by atoms with Crippen molar-refractivity contribution in [3.05, 3.63) is 29.3 Å². The largest absolute Gasteiger partial charge is 0.454 e. The number of hydrogen-bond donors (Lipinski definition) is 2. The van der Waals surface area contributed by atoms with Crippen LogP contribution in [0.3, 0.4) is 0 Å². The molecule has 2 aliphatic heterocycles. The number of urea groups is 1. The van der Waals surface area contributed by atoms with Gasteiger partial charge in [-0.05, 0) is 19.1 Å². The number of fused-ring (bicyclic) bond motifs is 1. The summed E-state index contributed by atoms with van der Waals surface area (Å²) in [5.41, 5.74) is 1.15. The molecule has 0 spiro atoms. The maximum absolute atomic E-state index is 12.5. The van der Waals surface area contributed by atoms with E-state index >= 15 is 0 Å². The first-order valence-electron chi connectivity index (χ1n) is 10.1. The Morgan fingerprint density at radius 3 is 2.62 bits per heavy atom. The number of amides is 4. The molecule has 0 radical (unpaired) electrons. The molecule has 12 heteroatoms. The van der Waals surface area contributed by atoms with Crippen LogP contribution in [-0.4, -0.2) is 72.4 Å². The Morgan fingerprint density at radius 1 is 1.09 bits per heavy atom. The smallest absolute Gasteiger partial charge is 0.409 e. The van der Waals surface area contributed by atoms with Gasteiger partial charge in [-0.2, -0.15) is 0 Å². The van der Waals surface area contributed by atoms with E-state index in [4.69, 9.17) is 14.2 Å². The number of aromatic nitrogens is 1. The van der Waals surface area contributed by atoms with Gasteiger partial charge in [-0.15, -0.1) is 11.3 Å². The summed E-state index contributed by atoms with van der Waals surface area (Å²) < 4.78 is 15.5. The van der Waals surface area contributed by atoms with Gasteiger partial charge in [0.05, 0.1) is 18.7 Å². The van der Waals surface area contributed by atoms with Gasteiger partial charge in [-0.25, -0.2) is 14.6 Å². The number of piperazine rings is 1. The third-order valence-corrected chi connectivity index (χ3v) is 5.66. The Bertz CT molecular complexity index is 1000. The van der Waals surface area contributed by atoms with Crippen LogP contribution in [-0.2, 0) is 16.0 Å². The highest BCUT2D eigenvalue weighted by Crippen LogP contribution is 2.34. The fourth-order valence-electron chi connectivity index (χ4n) is 3.27. The number of benzene rings is 1. The molecule has 4 amide bonds. The summed E-state index contributed by atoms with van der Waals surface area (Å²) in [6, 6.07) is 4.88. The number of ether oxygens (including phenoxy) is 3. The van der Waals surface area contributed by atoms with Crippen LogP contribution in [0.2, 0.25) is 0 Å². The van der Waals surface area contributed by atoms with Crippen LogP contribution < -0.4 is 20.1 Å². The van der Waals surface area contributed by atoms with Gasteiger partial charge >= 0.3 is 12.1 Å². The highest BCUT2D eigenvalue weighted by Gasteiger charge is 2.25. The van der Waals surface area contributed by atoms with Crippen molar-refractivity contribution >= 4 is 40.2 Å². The van der Waals surface area contributed by atoms with E-state index in [-0.39, 0.29) is 31.2 Å². The van der Waals surface area contributed by atoms with Crippen molar-refractivity contribution in [2.75, 3.05) is 50.2 Å². The van der Waals surface area contributed by atoms with E-state index in [9.17, 15) is 14.4 Å². The summed E-state index contributed by atoms with van der Waals surface area (Å²) in [5, 5.41) is 7.69. The van der Waals surface area contributed by atoms with Crippen molar-refractivity contribution in [1.82, 2.24) is 14.8 Å². The van der Waals surface area contributed by atoms with Crippen molar-refractivity contribution in [2.45, 2.75) is 13.3 Å². The number of carbonyl (C=O) groups is 3. The third kappa shape index (κ3) is 5.19. The van der Waals surface area contributed by atoms with E-state index in [0.29, 0.717) is 60.8 Å². The lowest BCUT2D eigenvalue weighted by atomic mass is 10.2. The number of rotatable bonds is 5. The Morgan fingerprint density at radius 2 is 1.84 bits per heavy atom. The molecule has 170 valence electrons. The monoisotopic (exact) mass is 461 g/mol. The third-order valence-electron chi connectivity index (χ3n) is 4.86. The van der Waals surface area contributed by atoms with Gasteiger partial charge < -0.3 is 29.3 Å². The van der Waals surface area contributed by atoms with Gasteiger partial charge in [0.15, 0.2) is 16.6 Å². The second-order valence-corrected chi connectivity index (χ2v) is 7.90. The van der Waals surface area contributed by atoms with Crippen LogP contribution in [0.25, 0.3) is 0 Å². The molecule has 11 nitrogen and oxygen atoms in total. The first-order chi connectivity index (χ1) is 15.5. The van der Waals surface area contributed by atoms with E-state index in [1.54, 1.807) is 40.3 Å². The van der Waals surface area contributed by atoms with Crippen LogP contribution >= 0.6 is 11.3 Å². The highest BCUT2D eigenvalue weighted by atomic mass is 32.1. The number of nitrogens with one attached hydrogen (secondary N) is 2. The number of thiazole rings is 1. The quantitative estimate of drug-likeness (QED) is 0.701. The minimum Gasteiger partial charge on any atom is -0.454 e. The maximum Gasteiger partial charge on any atom is 0.409 e. The van der Waals surface area contributed by atoms with Gasteiger partial charge in [-0.3, -0.25) is 10.1 Å². The average Bonchev–Trinajstić information content (AvgIpc) is 3.42. The fourth-order valence-corrected chi connectivity index (χ4v) is 3.97. The molecule has 1 fully saturated rings. The molecular formula is C20H23N5O6S. The molecule has 32 heavy (non-hydrogen) atoms. The average molecular weight is 462 g/mol. The second-order valence-electron chi connectivity index (χ2n) is 7.04. The predicted octanol–water partition coefficient (Wildman–Crippen LogP) is 2.36. The van der Waals surface area contributed by atoms with Crippen LogP contribution in [0.15, 0.2) is 23.6 Å². The number of hydrogen-bond acceptors (Lipinski definition) is 8. The van der Waals surface area contributed by atoms with Gasteiger partial charge in [0.1, 0.15) is 0 Å². The van der Waals surface area contributed by atoms with E-state index < -0.39 is 0 Å². The molecule has 0 unspecified atom stereocenters. The first kappa shape index (κ1) is 21.7. The Hall–Kier alpha value is -3.54. The lowest BCUT2D eigenvalue weighted by Crippen LogP contribution is -2.51. The van der Waals surface area contributed by atoms with Gasteiger partial charge in [0.2, 0.25) is 12.7 Å². The molecule has 1 aromatic heterocycles. The van der Waals surface area contributed by atoms with Gasteiger partial charge in [0.25, 0.3) is 0 Å². The Balaban J connectivity index is 1.24. The van der Waals surface area contributed by atoms with Crippen LogP contribution in [0.4, 0.5) is 20.4 Å². The van der Waals surface area contributed by atoms with Crippen LogP contribution in [0, 0.1) is 0 Å². The molecule has 4 rings (SSSR count). The molecule has 1 aromatic carbocycles. The molecular weight excluding hydrogens is 438 g/mol. The van der Waals surface area contributed by atoms with Crippen molar-refractivity contribution in [1.29, 1.82) is 0 Å². The summed E-state index contributed by atoms with van der Waals surface area (Å²) in [6.07, 6.45) is -0.296. The fraction of sp³-hybridized carbons (Fsp3) is 0.400. The second kappa shape index (κ2) is 9.73. The summed E-state index contributed by atoms with van der Waals surface area (Å²) in [7, 11) is 0. The number of carbonyl (C=O) groups excluding carboxylic acids is 3. The first-order valence-corrected chi connectivity index (χ1v) is 11.0. The lowest BCUT2D eigenvalue weighted by molar-refractivity contribution is -0.115. The summed E-state index contributed by atoms with van der Waals surface area (Å²) in [6.45, 7) is 3.87. The highest BCUT2D eigenvalue weighted by molar-refractivity contribution is 7.13. The van der Waals surface area contributed by atoms with Crippen molar-refractivity contribution in [2.24, 2.45) is 0 Å². The van der Waals surface area contributed by atoms with E-state index in [1.165, 1.54) is 11.3 Å². The zero-order chi connectivity index (χ0) is 22.5. The summed E-state index contributed by atoms with van der Waals surface area (Å²) in [5.74, 6) is 0.997. The summed E-state index contributed by atoms with van der Waals surface area (Å²) >= 11 is 1.25. The molecule has 0 atom stereocenters. The Kier molecular flexibility index (Phi) is 6.59. The zero-order valence-corrected chi connectivity index (χ0v) is 18.3. The Labute approximate surface area is 188 Å². The summed E-state index contributed by atoms with van der Waals surface area (Å²) in [4.78, 5) is 44.1. The van der Waals surface area contributed by atoms with Crippen LogP contribution in [0.5, 0.6) is 11.5 Å². The molecule has 1 saturated heterocycles. The molecule has 3 heterocycles. The lowest BCUT2D eigenvalue weighted by Gasteiger charge is -2.33. The minimum absolute atomic E-state index is 0.0685. The maximum atomic E-state index is 12.5. The minimum atomic E-state index is -0.365. The van der Waals surface area contributed by atoms with E-state index in [2.05, 4.69) is 15.6 Å². The normalized spacial score (nSPS) is 14.8. The molecule has 0 bridgehead atoms. The van der Waals surface area contributed by atoms with E-state index in [0.717, 1.165) is 0 Å². The zero-order valence-electron chi connectivity index (χ0n) is 17.5. The standard InChI is InChI=1S/C20H23N5O6S/c1-2-29-20(28)25-7-5-24(6-8-25)19(27)23-18-22-14(11-32-18)10-17(26)21-13-3-4-15-16(9-13)31-12-30-15/h3-4,9,11H,2,5-8,10,12H2,1H3,(H,21,26)(H,22,23,27). The predicted molar refractivity (Wildman–Crippen MR) is 116 cm³/mol. The molecule has 0 saturated carbocycles. The SMILES string of the molecule is CCOC(=O)N1CCN(C(=O)Nc2nc(CC(=O)Nc3ccc4c(c3)OCO4)cs2)CC1. The molecule has 0 aliphatic carbocycles.